The van der Waals surface area contributed by atoms with Gasteiger partial charge < -0.3 is 14.6 Å². The van der Waals surface area contributed by atoms with Gasteiger partial charge in [0.15, 0.2) is 0 Å². The second-order valence-corrected chi connectivity index (χ2v) is 9.93. The van der Waals surface area contributed by atoms with Gasteiger partial charge in [0.2, 0.25) is 0 Å². The lowest BCUT2D eigenvalue weighted by Gasteiger charge is -2.41. The molecule has 6 heteroatoms. The van der Waals surface area contributed by atoms with Crippen LogP contribution < -0.4 is 9.47 Å². The number of rotatable bonds is 12. The molecule has 0 aliphatic heterocycles. The number of allylic oxidation sites excluding steroid dienone is 2. The van der Waals surface area contributed by atoms with Crippen LogP contribution in [0.15, 0.2) is 71.8 Å². The molecule has 0 bridgehead atoms. The topological polar surface area (TPSA) is 89.9 Å². The monoisotopic (exact) mass is 518 g/mol. The summed E-state index contributed by atoms with van der Waals surface area (Å²) in [5.74, 6) is -0.589. The Kier molecular flexibility index (Phi) is 10.1. The zero-order chi connectivity index (χ0) is 27.7. The molecular weight excluding hydrogens is 480 g/mol. The van der Waals surface area contributed by atoms with Gasteiger partial charge in [0.05, 0.1) is 11.1 Å². The normalized spacial score (nSPS) is 17.7. The fraction of sp³-hybridized carbons (Fsp3) is 0.406. The summed E-state index contributed by atoms with van der Waals surface area (Å²) >= 11 is 0. The zero-order valence-electron chi connectivity index (χ0n) is 22.8. The number of esters is 2. The number of carbonyl (C=O) groups is 3. The van der Waals surface area contributed by atoms with Crippen LogP contribution >= 0.6 is 0 Å². The lowest BCUT2D eigenvalue weighted by molar-refractivity contribution is -0.134. The lowest BCUT2D eigenvalue weighted by Crippen LogP contribution is -2.35. The number of carbonyl (C=O) groups excluding carboxylic acids is 2. The molecule has 0 fully saturated rings. The number of hydrogen-bond donors (Lipinski definition) is 1. The Morgan fingerprint density at radius 3 is 2.13 bits per heavy atom. The van der Waals surface area contributed by atoms with Crippen LogP contribution in [0.3, 0.4) is 0 Å². The zero-order valence-corrected chi connectivity index (χ0v) is 22.8. The number of aliphatic carboxylic acids is 1. The summed E-state index contributed by atoms with van der Waals surface area (Å²) in [4.78, 5) is 36.2. The van der Waals surface area contributed by atoms with Gasteiger partial charge in [-0.3, -0.25) is 4.79 Å². The third-order valence-corrected chi connectivity index (χ3v) is 7.34. The Bertz CT molecular complexity index is 1190. The second kappa shape index (κ2) is 13.2. The standard InChI is InChI=1S/C32H38O6/c1-5-8-10-22(4)32(20-19-28(30(34)35)23(7-3)21-32)25-13-17-27(18-14-25)38-31(36)24-11-15-26(16-12-24)37-29(33)9-6-2/h11-20,22H,5-10,21H2,1-4H3,(H,34,35)/t22?,32-/m1/s1. The predicted molar refractivity (Wildman–Crippen MR) is 147 cm³/mol. The van der Waals surface area contributed by atoms with Crippen molar-refractivity contribution < 1.29 is 29.0 Å². The smallest absolute Gasteiger partial charge is 0.343 e. The highest BCUT2D eigenvalue weighted by atomic mass is 16.5. The maximum absolute atomic E-state index is 12.7. The second-order valence-electron chi connectivity index (χ2n) is 9.93. The summed E-state index contributed by atoms with van der Waals surface area (Å²) in [7, 11) is 0. The van der Waals surface area contributed by atoms with Crippen LogP contribution in [-0.2, 0) is 15.0 Å². The maximum Gasteiger partial charge on any atom is 0.343 e. The van der Waals surface area contributed by atoms with Crippen LogP contribution in [0.4, 0.5) is 0 Å². The van der Waals surface area contributed by atoms with Crippen LogP contribution in [0.2, 0.25) is 0 Å². The van der Waals surface area contributed by atoms with Crippen molar-refractivity contribution in [3.8, 4) is 11.5 Å². The van der Waals surface area contributed by atoms with E-state index in [1.165, 1.54) is 0 Å². The molecule has 0 spiro atoms. The molecule has 1 aliphatic rings. The van der Waals surface area contributed by atoms with E-state index in [0.29, 0.717) is 54.2 Å². The van der Waals surface area contributed by atoms with Crippen LogP contribution in [0.1, 0.15) is 88.6 Å². The predicted octanol–water partition coefficient (Wildman–Crippen LogP) is 7.43. The number of hydrogen-bond acceptors (Lipinski definition) is 5. The van der Waals surface area contributed by atoms with Crippen molar-refractivity contribution in [2.24, 2.45) is 5.92 Å². The van der Waals surface area contributed by atoms with E-state index in [2.05, 4.69) is 19.9 Å². The van der Waals surface area contributed by atoms with E-state index in [-0.39, 0.29) is 11.4 Å². The van der Waals surface area contributed by atoms with E-state index in [0.717, 1.165) is 30.4 Å². The minimum Gasteiger partial charge on any atom is -0.478 e. The first-order valence-electron chi connectivity index (χ1n) is 13.5. The van der Waals surface area contributed by atoms with Crippen LogP contribution in [0.5, 0.6) is 11.5 Å². The van der Waals surface area contributed by atoms with E-state index in [1.807, 2.05) is 26.0 Å². The minimum absolute atomic E-state index is 0.300. The van der Waals surface area contributed by atoms with Gasteiger partial charge >= 0.3 is 17.9 Å². The Morgan fingerprint density at radius 1 is 0.921 bits per heavy atom. The molecule has 0 aromatic heterocycles. The number of benzene rings is 2. The fourth-order valence-electron chi connectivity index (χ4n) is 5.03. The van der Waals surface area contributed by atoms with Gasteiger partial charge in [-0.15, -0.1) is 0 Å². The van der Waals surface area contributed by atoms with Crippen molar-refractivity contribution in [3.05, 3.63) is 83.0 Å². The van der Waals surface area contributed by atoms with E-state index in [4.69, 9.17) is 9.47 Å². The largest absolute Gasteiger partial charge is 0.478 e. The average Bonchev–Trinajstić information content (AvgIpc) is 2.92. The molecule has 0 saturated heterocycles. The molecule has 2 aromatic rings. The summed E-state index contributed by atoms with van der Waals surface area (Å²) in [6, 6.07) is 13.8. The van der Waals surface area contributed by atoms with Gasteiger partial charge in [0, 0.05) is 11.8 Å². The van der Waals surface area contributed by atoms with Crippen LogP contribution in [0, 0.1) is 5.92 Å². The molecule has 2 aromatic carbocycles. The molecule has 1 unspecified atom stereocenters. The van der Waals surface area contributed by atoms with Gasteiger partial charge in [0.1, 0.15) is 11.5 Å². The Labute approximate surface area is 225 Å². The van der Waals surface area contributed by atoms with E-state index in [9.17, 15) is 19.5 Å². The van der Waals surface area contributed by atoms with E-state index in [1.54, 1.807) is 42.5 Å². The highest BCUT2D eigenvalue weighted by molar-refractivity contribution is 5.92. The summed E-state index contributed by atoms with van der Waals surface area (Å²) < 4.78 is 10.8. The number of ether oxygens (including phenoxy) is 2. The van der Waals surface area contributed by atoms with Crippen molar-refractivity contribution in [3.63, 3.8) is 0 Å². The van der Waals surface area contributed by atoms with Crippen molar-refractivity contribution >= 4 is 17.9 Å². The molecule has 6 nitrogen and oxygen atoms in total. The summed E-state index contributed by atoms with van der Waals surface area (Å²) in [5.41, 5.74) is 2.44. The minimum atomic E-state index is -0.887. The molecule has 0 radical (unpaired) electrons. The molecule has 0 heterocycles. The quantitative estimate of drug-likeness (QED) is 0.232. The molecule has 3 rings (SSSR count). The van der Waals surface area contributed by atoms with Crippen LogP contribution in [-0.4, -0.2) is 23.0 Å². The highest BCUT2D eigenvalue weighted by Gasteiger charge is 2.39. The molecule has 1 N–H and O–H groups in total. The fourth-order valence-corrected chi connectivity index (χ4v) is 5.03. The third kappa shape index (κ3) is 6.80. The van der Waals surface area contributed by atoms with Crippen molar-refractivity contribution in [1.82, 2.24) is 0 Å². The van der Waals surface area contributed by atoms with Gasteiger partial charge in [-0.05, 0) is 73.6 Å². The third-order valence-electron chi connectivity index (χ3n) is 7.34. The maximum atomic E-state index is 12.7. The molecule has 38 heavy (non-hydrogen) atoms. The van der Waals surface area contributed by atoms with Gasteiger partial charge in [-0.1, -0.05) is 70.4 Å². The highest BCUT2D eigenvalue weighted by Crippen LogP contribution is 2.46. The molecular formula is C32H38O6. The first-order chi connectivity index (χ1) is 18.2. The Morgan fingerprint density at radius 2 is 1.55 bits per heavy atom. The molecule has 202 valence electrons. The SMILES string of the molecule is CCCCC(C)[C@@]1(c2ccc(OC(=O)c3ccc(OC(=O)CCC)cc3)cc2)C=CC(C(=O)O)=C(CC)C1. The summed E-state index contributed by atoms with van der Waals surface area (Å²) in [5, 5.41) is 9.67. The first-order valence-corrected chi connectivity index (χ1v) is 13.5. The summed E-state index contributed by atoms with van der Waals surface area (Å²) in [6.45, 7) is 8.31. The lowest BCUT2D eigenvalue weighted by atomic mass is 9.63. The van der Waals surface area contributed by atoms with Crippen LogP contribution in [0.25, 0.3) is 0 Å². The molecule has 0 saturated carbocycles. The molecule has 2 atom stereocenters. The van der Waals surface area contributed by atoms with Gasteiger partial charge in [0.25, 0.3) is 0 Å². The van der Waals surface area contributed by atoms with Gasteiger partial charge in [-0.2, -0.15) is 0 Å². The van der Waals surface area contributed by atoms with E-state index >= 15 is 0 Å². The number of carboxylic acids is 1. The summed E-state index contributed by atoms with van der Waals surface area (Å²) in [6.07, 6.45) is 9.43. The van der Waals surface area contributed by atoms with Crippen molar-refractivity contribution in [2.75, 3.05) is 0 Å². The number of unbranched alkanes of at least 4 members (excludes halogenated alkanes) is 1. The van der Waals surface area contributed by atoms with Crippen molar-refractivity contribution in [2.45, 2.75) is 78.1 Å². The Hall–Kier alpha value is -3.67. The van der Waals surface area contributed by atoms with Gasteiger partial charge in [-0.25, -0.2) is 9.59 Å². The van der Waals surface area contributed by atoms with Crippen molar-refractivity contribution in [1.29, 1.82) is 0 Å². The Balaban J connectivity index is 1.79. The van der Waals surface area contributed by atoms with E-state index < -0.39 is 11.9 Å². The molecule has 0 amide bonds. The number of carboxylic acid groups (broad SMARTS) is 1. The average molecular weight is 519 g/mol. The first kappa shape index (κ1) is 28.9. The molecule has 1 aliphatic carbocycles.